The van der Waals surface area contributed by atoms with E-state index in [1.165, 1.54) is 0 Å². The number of nitrogens with zero attached hydrogens (tertiary/aromatic N) is 5. The lowest BCUT2D eigenvalue weighted by molar-refractivity contribution is -0.0685. The Morgan fingerprint density at radius 3 is 2.88 bits per heavy atom. The van der Waals surface area contributed by atoms with Gasteiger partial charge in [-0.15, -0.1) is 0 Å². The maximum Gasteiger partial charge on any atom is 0.256 e. The van der Waals surface area contributed by atoms with Crippen LogP contribution in [0.25, 0.3) is 0 Å². The largest absolute Gasteiger partial charge is 0.373 e. The summed E-state index contributed by atoms with van der Waals surface area (Å²) in [5, 5.41) is 4.29. The Morgan fingerprint density at radius 2 is 2.24 bits per heavy atom. The monoisotopic (exact) mass is 343 g/mol. The second-order valence-corrected chi connectivity index (χ2v) is 6.70. The zero-order valence-electron chi connectivity index (χ0n) is 15.2. The lowest BCUT2D eigenvalue weighted by Gasteiger charge is -2.42. The maximum absolute atomic E-state index is 13.2. The van der Waals surface area contributed by atoms with Crippen LogP contribution in [0.15, 0.2) is 30.7 Å². The summed E-state index contributed by atoms with van der Waals surface area (Å²) in [5.41, 5.74) is 2.37. The molecule has 2 aromatic rings. The topological polar surface area (TPSA) is 63.5 Å². The van der Waals surface area contributed by atoms with Gasteiger partial charge in [0.2, 0.25) is 0 Å². The number of pyridine rings is 1. The van der Waals surface area contributed by atoms with Crippen LogP contribution < -0.4 is 0 Å². The molecule has 1 fully saturated rings. The highest BCUT2D eigenvalue weighted by atomic mass is 16.5. The van der Waals surface area contributed by atoms with Crippen molar-refractivity contribution in [3.8, 4) is 0 Å². The van der Waals surface area contributed by atoms with Crippen LogP contribution in [0, 0.1) is 6.92 Å². The highest BCUT2D eigenvalue weighted by Gasteiger charge is 2.38. The van der Waals surface area contributed by atoms with Gasteiger partial charge in [0.05, 0.1) is 30.5 Å². The number of aromatic nitrogens is 3. The molecule has 3 rings (SSSR count). The van der Waals surface area contributed by atoms with Crippen molar-refractivity contribution in [3.05, 3.63) is 47.5 Å². The average molecular weight is 343 g/mol. The second-order valence-electron chi connectivity index (χ2n) is 6.70. The number of amides is 1. The van der Waals surface area contributed by atoms with Crippen LogP contribution in [0.1, 0.15) is 27.7 Å². The Hall–Kier alpha value is -2.25. The molecule has 2 atom stereocenters. The summed E-state index contributed by atoms with van der Waals surface area (Å²) < 4.78 is 7.78. The van der Waals surface area contributed by atoms with Crippen molar-refractivity contribution in [1.29, 1.82) is 0 Å². The molecule has 134 valence electrons. The molecule has 1 amide bonds. The molecule has 0 saturated carbocycles. The van der Waals surface area contributed by atoms with Crippen molar-refractivity contribution in [2.24, 2.45) is 7.05 Å². The highest BCUT2D eigenvalue weighted by Crippen LogP contribution is 2.31. The Labute approximate surface area is 148 Å². The van der Waals surface area contributed by atoms with Gasteiger partial charge in [-0.05, 0) is 33.2 Å². The van der Waals surface area contributed by atoms with Gasteiger partial charge in [-0.1, -0.05) is 0 Å². The van der Waals surface area contributed by atoms with Crippen LogP contribution in [0.5, 0.6) is 0 Å². The Balaban J connectivity index is 1.97. The molecule has 0 N–H and O–H groups in total. The van der Waals surface area contributed by atoms with Crippen molar-refractivity contribution in [1.82, 2.24) is 24.6 Å². The minimum Gasteiger partial charge on any atom is -0.373 e. The van der Waals surface area contributed by atoms with Gasteiger partial charge in [-0.25, -0.2) is 0 Å². The summed E-state index contributed by atoms with van der Waals surface area (Å²) in [6.45, 7) is 3.68. The molecule has 1 aliphatic rings. The van der Waals surface area contributed by atoms with Gasteiger partial charge in [0.1, 0.15) is 0 Å². The SMILES string of the molecule is Cc1ncccc1C(=O)N1CCO[C@@H](CN(C)C)[C@@H]1c1cnn(C)c1. The van der Waals surface area contributed by atoms with Crippen molar-refractivity contribution >= 4 is 5.91 Å². The summed E-state index contributed by atoms with van der Waals surface area (Å²) in [4.78, 5) is 21.5. The van der Waals surface area contributed by atoms with Gasteiger partial charge >= 0.3 is 0 Å². The molecule has 0 radical (unpaired) electrons. The van der Waals surface area contributed by atoms with Crippen molar-refractivity contribution in [2.75, 3.05) is 33.8 Å². The third-order valence-corrected chi connectivity index (χ3v) is 4.46. The molecule has 1 saturated heterocycles. The predicted octanol–water partition coefficient (Wildman–Crippen LogP) is 1.27. The van der Waals surface area contributed by atoms with E-state index < -0.39 is 0 Å². The molecule has 25 heavy (non-hydrogen) atoms. The zero-order chi connectivity index (χ0) is 18.0. The third kappa shape index (κ3) is 3.72. The molecule has 0 aromatic carbocycles. The van der Waals surface area contributed by atoms with Crippen LogP contribution in [0.2, 0.25) is 0 Å². The van der Waals surface area contributed by atoms with Gasteiger partial charge in [-0.3, -0.25) is 14.5 Å². The normalized spacial score (nSPS) is 20.9. The van der Waals surface area contributed by atoms with Gasteiger partial charge < -0.3 is 14.5 Å². The van der Waals surface area contributed by atoms with Gasteiger partial charge in [0.15, 0.2) is 0 Å². The standard InChI is InChI=1S/C18H25N5O2/c1-13-15(6-5-7-19-13)18(24)23-8-9-25-16(12-21(2)3)17(23)14-10-20-22(4)11-14/h5-7,10-11,16-17H,8-9,12H2,1-4H3/t16-,17-/m0/s1. The summed E-state index contributed by atoms with van der Waals surface area (Å²) in [5.74, 6) is -0.00786. The number of rotatable bonds is 4. The minimum absolute atomic E-state index is 0.00786. The summed E-state index contributed by atoms with van der Waals surface area (Å²) in [6, 6.07) is 3.47. The van der Waals surface area contributed by atoms with E-state index in [0.29, 0.717) is 18.7 Å². The molecular formula is C18H25N5O2. The number of carbonyl (C=O) groups excluding carboxylic acids is 1. The number of hydrogen-bond donors (Lipinski definition) is 0. The zero-order valence-corrected chi connectivity index (χ0v) is 15.2. The lowest BCUT2D eigenvalue weighted by Crippen LogP contribution is -2.51. The Bertz CT molecular complexity index is 743. The van der Waals surface area contributed by atoms with E-state index in [-0.39, 0.29) is 18.1 Å². The lowest BCUT2D eigenvalue weighted by atomic mass is 9.99. The first kappa shape index (κ1) is 17.6. The molecule has 0 unspecified atom stereocenters. The molecule has 0 aliphatic carbocycles. The number of carbonyl (C=O) groups is 1. The molecule has 0 bridgehead atoms. The molecule has 0 spiro atoms. The van der Waals surface area contributed by atoms with E-state index in [2.05, 4.69) is 15.0 Å². The van der Waals surface area contributed by atoms with Crippen LogP contribution in [-0.4, -0.2) is 70.4 Å². The Kier molecular flexibility index (Phi) is 5.15. The van der Waals surface area contributed by atoms with Gasteiger partial charge in [0, 0.05) is 43.8 Å². The summed E-state index contributed by atoms with van der Waals surface area (Å²) in [7, 11) is 5.90. The highest BCUT2D eigenvalue weighted by molar-refractivity contribution is 5.95. The smallest absolute Gasteiger partial charge is 0.256 e. The number of ether oxygens (including phenoxy) is 1. The van der Waals surface area contributed by atoms with E-state index in [1.807, 2.05) is 51.4 Å². The average Bonchev–Trinajstić information content (AvgIpc) is 3.00. The maximum atomic E-state index is 13.2. The van der Waals surface area contributed by atoms with E-state index in [0.717, 1.165) is 17.8 Å². The second kappa shape index (κ2) is 7.33. The van der Waals surface area contributed by atoms with E-state index in [9.17, 15) is 4.79 Å². The van der Waals surface area contributed by atoms with E-state index >= 15 is 0 Å². The van der Waals surface area contributed by atoms with Crippen LogP contribution in [0.3, 0.4) is 0 Å². The summed E-state index contributed by atoms with van der Waals surface area (Å²) >= 11 is 0. The number of aryl methyl sites for hydroxylation is 2. The van der Waals surface area contributed by atoms with Crippen molar-refractivity contribution < 1.29 is 9.53 Å². The molecule has 2 aromatic heterocycles. The third-order valence-electron chi connectivity index (χ3n) is 4.46. The van der Waals surface area contributed by atoms with Crippen molar-refractivity contribution in [3.63, 3.8) is 0 Å². The summed E-state index contributed by atoms with van der Waals surface area (Å²) in [6.07, 6.45) is 5.38. The molecule has 7 nitrogen and oxygen atoms in total. The molecule has 3 heterocycles. The van der Waals surface area contributed by atoms with E-state index in [1.54, 1.807) is 16.9 Å². The fourth-order valence-electron chi connectivity index (χ4n) is 3.33. The van der Waals surface area contributed by atoms with Gasteiger partial charge in [0.25, 0.3) is 5.91 Å². The van der Waals surface area contributed by atoms with Crippen LogP contribution in [0.4, 0.5) is 0 Å². The van der Waals surface area contributed by atoms with Crippen LogP contribution in [-0.2, 0) is 11.8 Å². The first-order chi connectivity index (χ1) is 12.0. The fraction of sp³-hybridized carbons (Fsp3) is 0.500. The number of likely N-dealkylation sites (N-methyl/N-ethyl adjacent to an activating group) is 1. The Morgan fingerprint density at radius 1 is 1.44 bits per heavy atom. The van der Waals surface area contributed by atoms with Crippen LogP contribution >= 0.6 is 0 Å². The molecule has 7 heteroatoms. The predicted molar refractivity (Wildman–Crippen MR) is 94.3 cm³/mol. The number of morpholine rings is 1. The minimum atomic E-state index is -0.169. The van der Waals surface area contributed by atoms with E-state index in [4.69, 9.17) is 4.74 Å². The first-order valence-corrected chi connectivity index (χ1v) is 8.45. The fourth-order valence-corrected chi connectivity index (χ4v) is 3.33. The first-order valence-electron chi connectivity index (χ1n) is 8.45. The number of hydrogen-bond acceptors (Lipinski definition) is 5. The van der Waals surface area contributed by atoms with Gasteiger partial charge in [-0.2, -0.15) is 5.10 Å². The molecular weight excluding hydrogens is 318 g/mol. The van der Waals surface area contributed by atoms with Crippen molar-refractivity contribution in [2.45, 2.75) is 19.1 Å². The quantitative estimate of drug-likeness (QED) is 0.836. The molecule has 1 aliphatic heterocycles.